The number of methoxy groups -OCH3 is 1. The standard InChI is InChI=1S/C20H26NO6P/c1-4-26-28(23,27-5-2)19(17-13-9-10-14-18(17)24-3)21-20(22)25-15-16-11-7-6-8-12-16/h6-14,19H,4-5,15H2,1-3H3,(H,21,22)/t19-/m1/s1. The van der Waals surface area contributed by atoms with E-state index >= 15 is 0 Å². The van der Waals surface area contributed by atoms with Crippen molar-refractivity contribution in [2.75, 3.05) is 20.3 Å². The molecule has 1 amide bonds. The number of para-hydroxylation sites is 1. The second kappa shape index (κ2) is 10.9. The van der Waals surface area contributed by atoms with Gasteiger partial charge >= 0.3 is 13.7 Å². The number of carbonyl (C=O) groups excluding carboxylic acids is 1. The van der Waals surface area contributed by atoms with Crippen LogP contribution in [0.5, 0.6) is 5.75 Å². The molecule has 0 aliphatic rings. The van der Waals surface area contributed by atoms with E-state index in [4.69, 9.17) is 18.5 Å². The number of amides is 1. The molecule has 2 rings (SSSR count). The zero-order chi connectivity index (χ0) is 20.4. The van der Waals surface area contributed by atoms with Gasteiger partial charge in [-0.25, -0.2) is 4.79 Å². The number of hydrogen-bond donors (Lipinski definition) is 1. The smallest absolute Gasteiger partial charge is 0.408 e. The van der Waals surface area contributed by atoms with E-state index in [0.29, 0.717) is 11.3 Å². The van der Waals surface area contributed by atoms with Crippen LogP contribution < -0.4 is 10.1 Å². The van der Waals surface area contributed by atoms with Crippen LogP contribution in [0.25, 0.3) is 0 Å². The molecule has 0 spiro atoms. The van der Waals surface area contributed by atoms with Crippen LogP contribution in [0, 0.1) is 0 Å². The lowest BCUT2D eigenvalue weighted by Crippen LogP contribution is -2.30. The van der Waals surface area contributed by atoms with Gasteiger partial charge in [-0.15, -0.1) is 0 Å². The average Bonchev–Trinajstić information content (AvgIpc) is 2.71. The normalized spacial score (nSPS) is 12.2. The Morgan fingerprint density at radius 1 is 1.00 bits per heavy atom. The predicted molar refractivity (Wildman–Crippen MR) is 106 cm³/mol. The first kappa shape index (κ1) is 22.0. The third-order valence-corrected chi connectivity index (χ3v) is 6.11. The minimum Gasteiger partial charge on any atom is -0.496 e. The lowest BCUT2D eigenvalue weighted by Gasteiger charge is -2.28. The van der Waals surface area contributed by atoms with E-state index < -0.39 is 19.5 Å². The van der Waals surface area contributed by atoms with Crippen LogP contribution in [-0.2, 0) is 25.0 Å². The summed E-state index contributed by atoms with van der Waals surface area (Å²) in [5, 5.41) is 2.63. The summed E-state index contributed by atoms with van der Waals surface area (Å²) in [5.41, 5.74) is 1.32. The van der Waals surface area contributed by atoms with Crippen molar-refractivity contribution < 1.29 is 27.9 Å². The summed E-state index contributed by atoms with van der Waals surface area (Å²) in [6, 6.07) is 16.2. The molecule has 1 N–H and O–H groups in total. The Hall–Kier alpha value is -2.34. The maximum Gasteiger partial charge on any atom is 0.408 e. The number of rotatable bonds is 10. The van der Waals surface area contributed by atoms with Gasteiger partial charge in [0.05, 0.1) is 20.3 Å². The molecule has 0 unspecified atom stereocenters. The Balaban J connectivity index is 2.27. The maximum absolute atomic E-state index is 13.4. The van der Waals surface area contributed by atoms with E-state index in [2.05, 4.69) is 5.32 Å². The molecule has 8 heteroatoms. The molecule has 7 nitrogen and oxygen atoms in total. The van der Waals surface area contributed by atoms with Crippen LogP contribution in [0.15, 0.2) is 54.6 Å². The molecule has 0 radical (unpaired) electrons. The summed E-state index contributed by atoms with van der Waals surface area (Å²) in [6.07, 6.45) is -0.737. The highest BCUT2D eigenvalue weighted by Gasteiger charge is 2.40. The molecular formula is C20H26NO6P. The number of alkyl carbamates (subject to hydrolysis) is 1. The van der Waals surface area contributed by atoms with Gasteiger partial charge in [-0.3, -0.25) is 4.57 Å². The zero-order valence-electron chi connectivity index (χ0n) is 16.3. The second-order valence-corrected chi connectivity index (χ2v) is 7.84. The van der Waals surface area contributed by atoms with Crippen LogP contribution in [0.2, 0.25) is 0 Å². The minimum atomic E-state index is -3.73. The number of benzene rings is 2. The highest BCUT2D eigenvalue weighted by Crippen LogP contribution is 2.60. The number of ether oxygens (including phenoxy) is 2. The molecule has 0 bridgehead atoms. The third kappa shape index (κ3) is 5.83. The van der Waals surface area contributed by atoms with Crippen molar-refractivity contribution in [3.63, 3.8) is 0 Å². The summed E-state index contributed by atoms with van der Waals surface area (Å²) < 4.78 is 35.0. The molecule has 152 valence electrons. The van der Waals surface area contributed by atoms with Crippen LogP contribution in [0.1, 0.15) is 30.8 Å². The van der Waals surface area contributed by atoms with Gasteiger partial charge in [0.15, 0.2) is 5.78 Å². The largest absolute Gasteiger partial charge is 0.496 e. The maximum atomic E-state index is 13.4. The Morgan fingerprint density at radius 2 is 1.61 bits per heavy atom. The van der Waals surface area contributed by atoms with Crippen molar-refractivity contribution >= 4 is 13.7 Å². The van der Waals surface area contributed by atoms with E-state index in [0.717, 1.165) is 5.56 Å². The second-order valence-electron chi connectivity index (χ2n) is 5.73. The van der Waals surface area contributed by atoms with Crippen molar-refractivity contribution in [2.24, 2.45) is 0 Å². The first-order valence-corrected chi connectivity index (χ1v) is 10.6. The monoisotopic (exact) mass is 407 g/mol. The van der Waals surface area contributed by atoms with Gasteiger partial charge in [0.1, 0.15) is 12.4 Å². The van der Waals surface area contributed by atoms with Gasteiger partial charge in [0, 0.05) is 5.56 Å². The van der Waals surface area contributed by atoms with Gasteiger partial charge in [-0.1, -0.05) is 48.5 Å². The summed E-state index contributed by atoms with van der Waals surface area (Å²) in [6.45, 7) is 3.81. The predicted octanol–water partition coefficient (Wildman–Crippen LogP) is 4.89. The fourth-order valence-electron chi connectivity index (χ4n) is 2.64. The highest BCUT2D eigenvalue weighted by molar-refractivity contribution is 7.54. The lowest BCUT2D eigenvalue weighted by molar-refractivity contribution is 0.134. The lowest BCUT2D eigenvalue weighted by atomic mass is 10.2. The van der Waals surface area contributed by atoms with Crippen molar-refractivity contribution in [2.45, 2.75) is 26.2 Å². The molecule has 0 saturated carbocycles. The average molecular weight is 407 g/mol. The topological polar surface area (TPSA) is 83.1 Å². The number of carbonyl (C=O) groups is 1. The minimum absolute atomic E-state index is 0.0822. The van der Waals surface area contributed by atoms with Crippen LogP contribution >= 0.6 is 7.60 Å². The molecule has 0 saturated heterocycles. The number of nitrogens with one attached hydrogen (secondary N) is 1. The van der Waals surface area contributed by atoms with Crippen LogP contribution in [0.3, 0.4) is 0 Å². The molecule has 0 aliphatic heterocycles. The van der Waals surface area contributed by atoms with Crippen molar-refractivity contribution in [3.8, 4) is 5.75 Å². The summed E-state index contributed by atoms with van der Waals surface area (Å²) >= 11 is 0. The van der Waals surface area contributed by atoms with Crippen LogP contribution in [0.4, 0.5) is 4.79 Å². The fourth-order valence-corrected chi connectivity index (χ4v) is 4.55. The van der Waals surface area contributed by atoms with Gasteiger partial charge in [-0.2, -0.15) is 0 Å². The third-order valence-electron chi connectivity index (χ3n) is 3.84. The number of hydrogen-bond acceptors (Lipinski definition) is 6. The molecule has 28 heavy (non-hydrogen) atoms. The summed E-state index contributed by atoms with van der Waals surface area (Å²) in [5.74, 6) is -0.623. The Kier molecular flexibility index (Phi) is 8.51. The van der Waals surface area contributed by atoms with E-state index in [1.807, 2.05) is 30.3 Å². The van der Waals surface area contributed by atoms with E-state index in [1.165, 1.54) is 7.11 Å². The molecule has 1 atom stereocenters. The zero-order valence-corrected chi connectivity index (χ0v) is 17.2. The molecular weight excluding hydrogens is 381 g/mol. The van der Waals surface area contributed by atoms with Gasteiger partial charge < -0.3 is 23.8 Å². The first-order valence-electron chi connectivity index (χ1n) is 9.03. The SMILES string of the molecule is CCOP(=O)(OCC)[C@@H](NC(=O)OCc1ccccc1)c1ccccc1OC. The van der Waals surface area contributed by atoms with E-state index in [1.54, 1.807) is 38.1 Å². The Bertz CT molecular complexity index is 788. The first-order chi connectivity index (χ1) is 13.5. The highest BCUT2D eigenvalue weighted by atomic mass is 31.2. The molecule has 2 aromatic rings. The Morgan fingerprint density at radius 3 is 2.21 bits per heavy atom. The van der Waals surface area contributed by atoms with Gasteiger partial charge in [-0.05, 0) is 25.5 Å². The summed E-state index contributed by atoms with van der Waals surface area (Å²) in [4.78, 5) is 12.4. The van der Waals surface area contributed by atoms with Crippen LogP contribution in [-0.4, -0.2) is 26.4 Å². The molecule has 0 aromatic heterocycles. The molecule has 0 aliphatic carbocycles. The molecule has 0 fully saturated rings. The fraction of sp³-hybridized carbons (Fsp3) is 0.350. The van der Waals surface area contributed by atoms with E-state index in [-0.39, 0.29) is 19.8 Å². The van der Waals surface area contributed by atoms with E-state index in [9.17, 15) is 9.36 Å². The van der Waals surface area contributed by atoms with Gasteiger partial charge in [0.2, 0.25) is 0 Å². The molecule has 0 heterocycles. The van der Waals surface area contributed by atoms with Crippen molar-refractivity contribution in [3.05, 3.63) is 65.7 Å². The van der Waals surface area contributed by atoms with Gasteiger partial charge in [0.25, 0.3) is 0 Å². The molecule has 2 aromatic carbocycles. The van der Waals surface area contributed by atoms with Crippen molar-refractivity contribution in [1.29, 1.82) is 0 Å². The Labute approximate surface area is 165 Å². The quantitative estimate of drug-likeness (QED) is 0.565. The summed E-state index contributed by atoms with van der Waals surface area (Å²) in [7, 11) is -2.24. The van der Waals surface area contributed by atoms with Crippen molar-refractivity contribution in [1.82, 2.24) is 5.32 Å².